The van der Waals surface area contributed by atoms with Gasteiger partial charge in [0.2, 0.25) is 0 Å². The van der Waals surface area contributed by atoms with Gasteiger partial charge in [-0.25, -0.2) is 0 Å². The quantitative estimate of drug-likeness (QED) is 0.480. The van der Waals surface area contributed by atoms with Gasteiger partial charge in [-0.2, -0.15) is 0 Å². The molecule has 14 heavy (non-hydrogen) atoms. The highest BCUT2D eigenvalue weighted by atomic mass is 16.3. The Kier molecular flexibility index (Phi) is 10.9. The van der Waals surface area contributed by atoms with E-state index in [9.17, 15) is 0 Å². The lowest BCUT2D eigenvalue weighted by Gasteiger charge is -1.84. The van der Waals surface area contributed by atoms with Crippen LogP contribution in [0.2, 0.25) is 0 Å². The van der Waals surface area contributed by atoms with Gasteiger partial charge in [0.05, 0.1) is 6.61 Å². The molecule has 0 amide bonds. The molecule has 0 fully saturated rings. The number of hydrogen-bond donors (Lipinski definition) is 2. The Morgan fingerprint density at radius 2 is 1.29 bits per heavy atom. The smallest absolute Gasteiger partial charge is 0.0615 e. The van der Waals surface area contributed by atoms with Crippen molar-refractivity contribution in [1.29, 1.82) is 0 Å². The minimum Gasteiger partial charge on any atom is -0.396 e. The van der Waals surface area contributed by atoms with Gasteiger partial charge in [0, 0.05) is 6.61 Å². The molecule has 0 aliphatic carbocycles. The number of allylic oxidation sites excluding steroid dienone is 7. The summed E-state index contributed by atoms with van der Waals surface area (Å²) >= 11 is 0. The maximum absolute atomic E-state index is 8.50. The third kappa shape index (κ3) is 10.9. The zero-order valence-electron chi connectivity index (χ0n) is 8.34. The molecule has 0 saturated heterocycles. The maximum Gasteiger partial charge on any atom is 0.0615 e. The summed E-state index contributed by atoms with van der Waals surface area (Å²) in [6.45, 7) is 0.328. The highest BCUT2D eigenvalue weighted by Crippen LogP contribution is 1.89. The normalized spacial score (nSPS) is 13.0. The van der Waals surface area contributed by atoms with Crippen molar-refractivity contribution in [2.75, 3.05) is 13.2 Å². The van der Waals surface area contributed by atoms with Crippen molar-refractivity contribution in [2.45, 2.75) is 12.8 Å². The Balaban J connectivity index is 3.47. The third-order valence-corrected chi connectivity index (χ3v) is 1.46. The molecule has 0 unspecified atom stereocenters. The SMILES string of the molecule is OCC=CC=CC=CC=CCCCO. The van der Waals surface area contributed by atoms with E-state index in [1.54, 1.807) is 12.2 Å². The highest BCUT2D eigenvalue weighted by Gasteiger charge is 1.75. The van der Waals surface area contributed by atoms with Crippen molar-refractivity contribution in [3.8, 4) is 0 Å². The maximum atomic E-state index is 8.50. The van der Waals surface area contributed by atoms with Crippen LogP contribution in [0.3, 0.4) is 0 Å². The van der Waals surface area contributed by atoms with Crippen LogP contribution in [0.15, 0.2) is 48.6 Å². The van der Waals surface area contributed by atoms with Crippen LogP contribution >= 0.6 is 0 Å². The molecule has 0 aromatic heterocycles. The van der Waals surface area contributed by atoms with E-state index in [0.29, 0.717) is 0 Å². The molecule has 0 heterocycles. The molecule has 0 aromatic rings. The van der Waals surface area contributed by atoms with E-state index < -0.39 is 0 Å². The van der Waals surface area contributed by atoms with Gasteiger partial charge in [-0.15, -0.1) is 0 Å². The van der Waals surface area contributed by atoms with E-state index in [-0.39, 0.29) is 13.2 Å². The first kappa shape index (κ1) is 12.9. The fraction of sp³-hybridized carbons (Fsp3) is 0.333. The molecule has 0 rings (SSSR count). The Hall–Kier alpha value is -1.12. The van der Waals surface area contributed by atoms with Crippen molar-refractivity contribution in [1.82, 2.24) is 0 Å². The second kappa shape index (κ2) is 11.9. The number of aliphatic hydroxyl groups excluding tert-OH is 2. The minimum atomic E-state index is 0.0785. The lowest BCUT2D eigenvalue weighted by molar-refractivity contribution is 0.289. The molecule has 2 heteroatoms. The van der Waals surface area contributed by atoms with Crippen molar-refractivity contribution in [3.05, 3.63) is 48.6 Å². The summed E-state index contributed by atoms with van der Waals surface area (Å²) in [7, 11) is 0. The summed E-state index contributed by atoms with van der Waals surface area (Å²) in [5, 5.41) is 16.9. The second-order valence-corrected chi connectivity index (χ2v) is 2.67. The van der Waals surface area contributed by atoms with Gasteiger partial charge >= 0.3 is 0 Å². The van der Waals surface area contributed by atoms with Gasteiger partial charge in [0.1, 0.15) is 0 Å². The summed E-state index contributed by atoms with van der Waals surface area (Å²) in [5.41, 5.74) is 0. The van der Waals surface area contributed by atoms with Crippen molar-refractivity contribution in [2.24, 2.45) is 0 Å². The zero-order valence-corrected chi connectivity index (χ0v) is 8.34. The molecule has 0 bridgehead atoms. The van der Waals surface area contributed by atoms with Crippen molar-refractivity contribution < 1.29 is 10.2 Å². The van der Waals surface area contributed by atoms with E-state index >= 15 is 0 Å². The lowest BCUT2D eigenvalue weighted by atomic mass is 10.3. The first-order valence-corrected chi connectivity index (χ1v) is 4.78. The van der Waals surface area contributed by atoms with Crippen molar-refractivity contribution >= 4 is 0 Å². The molecule has 0 spiro atoms. The Morgan fingerprint density at radius 1 is 0.714 bits per heavy atom. The molecule has 78 valence electrons. The molecule has 0 saturated carbocycles. The molecule has 0 aromatic carbocycles. The average molecular weight is 194 g/mol. The van der Waals surface area contributed by atoms with E-state index in [1.807, 2.05) is 36.5 Å². The predicted octanol–water partition coefficient (Wildman–Crippen LogP) is 1.98. The van der Waals surface area contributed by atoms with E-state index in [0.717, 1.165) is 12.8 Å². The highest BCUT2D eigenvalue weighted by molar-refractivity contribution is 5.15. The first-order chi connectivity index (χ1) is 6.91. The van der Waals surface area contributed by atoms with Gasteiger partial charge in [0.25, 0.3) is 0 Å². The van der Waals surface area contributed by atoms with Gasteiger partial charge in [-0.1, -0.05) is 48.6 Å². The van der Waals surface area contributed by atoms with Crippen LogP contribution in [0, 0.1) is 0 Å². The summed E-state index contributed by atoms with van der Waals surface area (Å²) in [6, 6.07) is 0. The Labute approximate surface area is 85.6 Å². The van der Waals surface area contributed by atoms with Gasteiger partial charge in [-0.3, -0.25) is 0 Å². The molecular weight excluding hydrogens is 176 g/mol. The van der Waals surface area contributed by atoms with Crippen molar-refractivity contribution in [3.63, 3.8) is 0 Å². The number of hydrogen-bond acceptors (Lipinski definition) is 2. The zero-order chi connectivity index (χ0) is 10.5. The number of unbranched alkanes of at least 4 members (excludes halogenated alkanes) is 1. The standard InChI is InChI=1S/C12H18O2/c13-11-9-7-5-3-1-2-4-6-8-10-12-14/h1-7,9,13-14H,8,10-12H2. The molecule has 0 radical (unpaired) electrons. The van der Waals surface area contributed by atoms with Crippen LogP contribution in [-0.2, 0) is 0 Å². The molecular formula is C12H18O2. The first-order valence-electron chi connectivity index (χ1n) is 4.78. The molecule has 2 N–H and O–H groups in total. The van der Waals surface area contributed by atoms with Crippen LogP contribution in [0.4, 0.5) is 0 Å². The van der Waals surface area contributed by atoms with Gasteiger partial charge in [-0.05, 0) is 12.8 Å². The van der Waals surface area contributed by atoms with Crippen LogP contribution in [0.25, 0.3) is 0 Å². The molecule has 0 aliphatic rings. The Bertz CT molecular complexity index is 212. The molecule has 0 atom stereocenters. The summed E-state index contributed by atoms with van der Waals surface area (Å²) in [6.07, 6.45) is 16.8. The van der Waals surface area contributed by atoms with E-state index in [2.05, 4.69) is 0 Å². The fourth-order valence-electron chi connectivity index (χ4n) is 0.780. The Morgan fingerprint density at radius 3 is 1.86 bits per heavy atom. The van der Waals surface area contributed by atoms with Crippen LogP contribution in [0.1, 0.15) is 12.8 Å². The lowest BCUT2D eigenvalue weighted by Crippen LogP contribution is -1.77. The average Bonchev–Trinajstić information content (AvgIpc) is 2.21. The molecule has 2 nitrogen and oxygen atoms in total. The fourth-order valence-corrected chi connectivity index (χ4v) is 0.780. The van der Waals surface area contributed by atoms with E-state index in [1.165, 1.54) is 0 Å². The van der Waals surface area contributed by atoms with Crippen LogP contribution < -0.4 is 0 Å². The van der Waals surface area contributed by atoms with Gasteiger partial charge < -0.3 is 10.2 Å². The second-order valence-electron chi connectivity index (χ2n) is 2.67. The monoisotopic (exact) mass is 194 g/mol. The summed E-state index contributed by atoms with van der Waals surface area (Å²) in [5.74, 6) is 0. The summed E-state index contributed by atoms with van der Waals surface area (Å²) < 4.78 is 0. The van der Waals surface area contributed by atoms with Crippen LogP contribution in [0.5, 0.6) is 0 Å². The minimum absolute atomic E-state index is 0.0785. The van der Waals surface area contributed by atoms with Gasteiger partial charge in [0.15, 0.2) is 0 Å². The largest absolute Gasteiger partial charge is 0.396 e. The number of rotatable bonds is 7. The predicted molar refractivity (Wildman–Crippen MR) is 60.0 cm³/mol. The number of aliphatic hydroxyl groups is 2. The van der Waals surface area contributed by atoms with E-state index in [4.69, 9.17) is 10.2 Å². The third-order valence-electron chi connectivity index (χ3n) is 1.46. The molecule has 0 aliphatic heterocycles. The van der Waals surface area contributed by atoms with Crippen LogP contribution in [-0.4, -0.2) is 23.4 Å². The topological polar surface area (TPSA) is 40.5 Å². The summed E-state index contributed by atoms with van der Waals surface area (Å²) in [4.78, 5) is 0.